The van der Waals surface area contributed by atoms with Gasteiger partial charge in [-0.15, -0.1) is 0 Å². The van der Waals surface area contributed by atoms with E-state index in [4.69, 9.17) is 0 Å². The van der Waals surface area contributed by atoms with Gasteiger partial charge < -0.3 is 10.4 Å². The normalized spacial score (nSPS) is 23.7. The third-order valence-corrected chi connectivity index (χ3v) is 5.42. The zero-order valence-corrected chi connectivity index (χ0v) is 14.1. The average Bonchev–Trinajstić information content (AvgIpc) is 2.51. The van der Waals surface area contributed by atoms with Crippen molar-refractivity contribution in [2.45, 2.75) is 18.0 Å². The summed E-state index contributed by atoms with van der Waals surface area (Å²) in [5, 5.41) is 12.5. The maximum absolute atomic E-state index is 13.9. The van der Waals surface area contributed by atoms with Crippen LogP contribution < -0.4 is 5.32 Å². The first kappa shape index (κ1) is 17.1. The van der Waals surface area contributed by atoms with Crippen molar-refractivity contribution in [2.75, 3.05) is 18.6 Å². The fourth-order valence-corrected chi connectivity index (χ4v) is 4.29. The summed E-state index contributed by atoms with van der Waals surface area (Å²) in [5.74, 6) is -0.318. The molecule has 0 bridgehead atoms. The fraction of sp³-hybridized carbons (Fsp3) is 0.333. The van der Waals surface area contributed by atoms with Crippen LogP contribution in [-0.2, 0) is 9.84 Å². The molecular formula is C18H20FNO3S. The van der Waals surface area contributed by atoms with E-state index < -0.39 is 9.84 Å². The van der Waals surface area contributed by atoms with Crippen LogP contribution in [0.3, 0.4) is 0 Å². The number of aliphatic hydroxyl groups excluding tert-OH is 1. The minimum atomic E-state index is -3.11. The van der Waals surface area contributed by atoms with E-state index in [9.17, 15) is 17.9 Å². The van der Waals surface area contributed by atoms with Crippen molar-refractivity contribution in [2.24, 2.45) is 0 Å². The molecule has 4 nitrogen and oxygen atoms in total. The minimum absolute atomic E-state index is 0.0310. The van der Waals surface area contributed by atoms with Crippen molar-refractivity contribution < 1.29 is 17.9 Å². The van der Waals surface area contributed by atoms with Crippen LogP contribution in [0.1, 0.15) is 11.5 Å². The smallest absolute Gasteiger partial charge is 0.149 e. The monoisotopic (exact) mass is 349 g/mol. The fourth-order valence-electron chi connectivity index (χ4n) is 3.33. The topological polar surface area (TPSA) is 66.4 Å². The molecule has 3 atom stereocenters. The molecule has 2 N–H and O–H groups in total. The predicted molar refractivity (Wildman–Crippen MR) is 92.1 cm³/mol. The predicted octanol–water partition coefficient (Wildman–Crippen LogP) is 1.95. The highest BCUT2D eigenvalue weighted by Gasteiger charge is 2.42. The number of rotatable bonds is 5. The molecule has 24 heavy (non-hydrogen) atoms. The molecule has 0 saturated carbocycles. The molecule has 1 aliphatic rings. The summed E-state index contributed by atoms with van der Waals surface area (Å²) in [6.07, 6.45) is 1.21. The number of nitrogens with one attached hydrogen (secondary N) is 1. The van der Waals surface area contributed by atoms with E-state index in [-0.39, 0.29) is 36.2 Å². The van der Waals surface area contributed by atoms with E-state index in [1.165, 1.54) is 12.3 Å². The van der Waals surface area contributed by atoms with Gasteiger partial charge in [0.2, 0.25) is 0 Å². The molecule has 0 aromatic heterocycles. The van der Waals surface area contributed by atoms with Gasteiger partial charge in [0.25, 0.3) is 0 Å². The van der Waals surface area contributed by atoms with Gasteiger partial charge in [-0.2, -0.15) is 0 Å². The van der Waals surface area contributed by atoms with Crippen molar-refractivity contribution in [3.8, 4) is 11.1 Å². The number of hydrogen-bond donors (Lipinski definition) is 2. The zero-order chi connectivity index (χ0) is 17.3. The van der Waals surface area contributed by atoms with Gasteiger partial charge in [0.05, 0.1) is 12.4 Å². The molecule has 128 valence electrons. The maximum Gasteiger partial charge on any atom is 0.149 e. The second-order valence-corrected chi connectivity index (χ2v) is 8.47. The average molecular weight is 349 g/mol. The Morgan fingerprint density at radius 2 is 1.75 bits per heavy atom. The molecule has 1 heterocycles. The molecule has 1 aliphatic heterocycles. The second kappa shape index (κ2) is 6.63. The van der Waals surface area contributed by atoms with Gasteiger partial charge in [0, 0.05) is 29.8 Å². The van der Waals surface area contributed by atoms with Crippen molar-refractivity contribution in [1.82, 2.24) is 5.32 Å². The zero-order valence-electron chi connectivity index (χ0n) is 13.3. The van der Waals surface area contributed by atoms with Crippen molar-refractivity contribution in [3.63, 3.8) is 0 Å². The molecule has 0 spiro atoms. The summed E-state index contributed by atoms with van der Waals surface area (Å²) >= 11 is 0. The van der Waals surface area contributed by atoms with Gasteiger partial charge >= 0.3 is 0 Å². The van der Waals surface area contributed by atoms with Gasteiger partial charge in [0.15, 0.2) is 0 Å². The van der Waals surface area contributed by atoms with Crippen molar-refractivity contribution in [1.29, 1.82) is 0 Å². The lowest BCUT2D eigenvalue weighted by molar-refractivity contribution is 0.137. The largest absolute Gasteiger partial charge is 0.395 e. The van der Waals surface area contributed by atoms with Crippen LogP contribution in [0.5, 0.6) is 0 Å². The summed E-state index contributed by atoms with van der Waals surface area (Å²) in [7, 11) is -3.11. The molecule has 2 aromatic carbocycles. The molecule has 0 radical (unpaired) electrons. The van der Waals surface area contributed by atoms with Crippen LogP contribution in [0.2, 0.25) is 0 Å². The summed E-state index contributed by atoms with van der Waals surface area (Å²) in [6, 6.07) is 13.6. The van der Waals surface area contributed by atoms with Crippen LogP contribution >= 0.6 is 0 Å². The van der Waals surface area contributed by atoms with Crippen LogP contribution in [-0.4, -0.2) is 44.2 Å². The Bertz CT molecular complexity index is 820. The van der Waals surface area contributed by atoms with Crippen LogP contribution in [0, 0.1) is 5.82 Å². The highest BCUT2D eigenvalue weighted by Crippen LogP contribution is 2.34. The molecule has 1 saturated heterocycles. The summed E-state index contributed by atoms with van der Waals surface area (Å²) in [6.45, 7) is -0.0556. The summed E-state index contributed by atoms with van der Waals surface area (Å²) in [4.78, 5) is 0. The van der Waals surface area contributed by atoms with Crippen molar-refractivity contribution in [3.05, 3.63) is 59.9 Å². The third kappa shape index (κ3) is 3.50. The first-order valence-corrected chi connectivity index (χ1v) is 9.84. The van der Waals surface area contributed by atoms with E-state index in [0.717, 1.165) is 11.1 Å². The number of halogens is 1. The molecule has 3 rings (SSSR count). The van der Waals surface area contributed by atoms with Gasteiger partial charge in [-0.25, -0.2) is 12.8 Å². The summed E-state index contributed by atoms with van der Waals surface area (Å²) < 4.78 is 36.9. The summed E-state index contributed by atoms with van der Waals surface area (Å²) in [5.41, 5.74) is 2.24. The van der Waals surface area contributed by atoms with E-state index in [2.05, 4.69) is 5.32 Å². The number of sulfone groups is 1. The Hall–Kier alpha value is -1.76. The Labute approximate surface area is 141 Å². The van der Waals surface area contributed by atoms with Crippen LogP contribution in [0.15, 0.2) is 48.5 Å². The van der Waals surface area contributed by atoms with Crippen molar-refractivity contribution >= 4 is 9.84 Å². The van der Waals surface area contributed by atoms with E-state index in [1.54, 1.807) is 18.2 Å². The number of hydrogen-bond acceptors (Lipinski definition) is 4. The molecule has 0 unspecified atom stereocenters. The lowest BCUT2D eigenvalue weighted by atomic mass is 9.78. The lowest BCUT2D eigenvalue weighted by Gasteiger charge is -2.45. The minimum Gasteiger partial charge on any atom is -0.395 e. The third-order valence-electron chi connectivity index (χ3n) is 4.45. The van der Waals surface area contributed by atoms with E-state index in [0.29, 0.717) is 5.56 Å². The second-order valence-electron chi connectivity index (χ2n) is 6.28. The number of benzene rings is 2. The highest BCUT2D eigenvalue weighted by atomic mass is 32.2. The van der Waals surface area contributed by atoms with E-state index in [1.807, 2.05) is 24.3 Å². The Balaban J connectivity index is 1.85. The molecule has 1 fully saturated rings. The molecule has 0 aliphatic carbocycles. The van der Waals surface area contributed by atoms with Gasteiger partial charge in [-0.05, 0) is 17.2 Å². The van der Waals surface area contributed by atoms with Gasteiger partial charge in [-0.3, -0.25) is 0 Å². The lowest BCUT2D eigenvalue weighted by Crippen LogP contribution is -2.63. The molecular weight excluding hydrogens is 329 g/mol. The molecule has 0 amide bonds. The highest BCUT2D eigenvalue weighted by molar-refractivity contribution is 7.90. The Morgan fingerprint density at radius 3 is 2.33 bits per heavy atom. The van der Waals surface area contributed by atoms with Gasteiger partial charge in [0.1, 0.15) is 15.7 Å². The quantitative estimate of drug-likeness (QED) is 0.866. The maximum atomic E-state index is 13.9. The SMILES string of the molecule is CS(=O)(=O)C[C@@H]1N[C@@H](CO)[C@H]1c1ccc(-c2ccccc2F)cc1. The standard InChI is InChI=1S/C18H20FNO3S/c1-24(22,23)11-17-18(16(10-21)20-17)13-8-6-12(7-9-13)14-4-2-3-5-15(14)19/h2-9,16-18,20-21H,10-11H2,1H3/t16-,17-,18+/m0/s1. The van der Waals surface area contributed by atoms with Crippen LogP contribution in [0.4, 0.5) is 4.39 Å². The first-order chi connectivity index (χ1) is 11.4. The Morgan fingerprint density at radius 1 is 1.08 bits per heavy atom. The first-order valence-electron chi connectivity index (χ1n) is 7.78. The van der Waals surface area contributed by atoms with E-state index >= 15 is 0 Å². The number of aliphatic hydroxyl groups is 1. The van der Waals surface area contributed by atoms with Gasteiger partial charge in [-0.1, -0.05) is 42.5 Å². The molecule has 2 aromatic rings. The Kier molecular flexibility index (Phi) is 4.71. The molecule has 6 heteroatoms. The van der Waals surface area contributed by atoms with Crippen LogP contribution in [0.25, 0.3) is 11.1 Å².